The minimum absolute atomic E-state index is 0.149. The van der Waals surface area contributed by atoms with Crippen LogP contribution in [0.2, 0.25) is 0 Å². The summed E-state index contributed by atoms with van der Waals surface area (Å²) in [5, 5.41) is 10.0. The van der Waals surface area contributed by atoms with Crippen LogP contribution in [0.25, 0.3) is 6.08 Å². The molecule has 0 saturated heterocycles. The number of hydrogen-bond acceptors (Lipinski definition) is 7. The molecule has 0 aromatic heterocycles. The number of carbonyl (C=O) groups is 2. The van der Waals surface area contributed by atoms with Crippen molar-refractivity contribution < 1.29 is 33.6 Å². The number of carbonyl (C=O) groups excluding carboxylic acids is 2. The number of hydrogen-bond donors (Lipinski definition) is 1. The van der Waals surface area contributed by atoms with Gasteiger partial charge in [0.25, 0.3) is 0 Å². The molecule has 7 heteroatoms. The molecule has 0 aliphatic carbocycles. The third-order valence-corrected chi connectivity index (χ3v) is 4.11. The summed E-state index contributed by atoms with van der Waals surface area (Å²) in [5.74, 6) is -0.671. The Morgan fingerprint density at radius 3 is 1.66 bits per heavy atom. The maximum Gasteiger partial charge on any atom is 0.345 e. The van der Waals surface area contributed by atoms with Gasteiger partial charge < -0.3 is 24.1 Å². The van der Waals surface area contributed by atoms with Gasteiger partial charge in [0.2, 0.25) is 5.75 Å². The zero-order chi connectivity index (χ0) is 22.0. The molecular weight excluding hydrogens is 376 g/mol. The fourth-order valence-corrected chi connectivity index (χ4v) is 2.30. The lowest BCUT2D eigenvalue weighted by Gasteiger charge is -2.12. The number of phenolic OH excluding ortho intramolecular Hbond substituents is 1. The standard InChI is InChI=1S/C22H32O7/c1-14(2)7-9-28-21(24)17(22(25)29-10-8-15(3)4)11-16-12-18(26-5)20(23)19(13-16)27-6/h11-15,23H,7-10H2,1-6H3. The molecule has 0 aliphatic rings. The van der Waals surface area contributed by atoms with Gasteiger partial charge in [-0.25, -0.2) is 9.59 Å². The number of ether oxygens (including phenoxy) is 4. The van der Waals surface area contributed by atoms with Crippen LogP contribution in [-0.4, -0.2) is 44.5 Å². The molecule has 0 aliphatic heterocycles. The molecule has 0 bridgehead atoms. The molecule has 0 spiro atoms. The lowest BCUT2D eigenvalue weighted by molar-refractivity contribution is -0.147. The van der Waals surface area contributed by atoms with Crippen molar-refractivity contribution in [3.05, 3.63) is 23.3 Å². The van der Waals surface area contributed by atoms with Gasteiger partial charge >= 0.3 is 11.9 Å². The Hall–Kier alpha value is -2.70. The first-order valence-corrected chi connectivity index (χ1v) is 9.70. The van der Waals surface area contributed by atoms with Crippen molar-refractivity contribution in [2.24, 2.45) is 11.8 Å². The molecule has 0 saturated carbocycles. The predicted octanol–water partition coefficient (Wildman–Crippen LogP) is 3.97. The molecular formula is C22H32O7. The highest BCUT2D eigenvalue weighted by molar-refractivity contribution is 6.17. The van der Waals surface area contributed by atoms with E-state index in [0.29, 0.717) is 30.2 Å². The monoisotopic (exact) mass is 408 g/mol. The number of benzene rings is 1. The van der Waals surface area contributed by atoms with Crippen LogP contribution < -0.4 is 9.47 Å². The van der Waals surface area contributed by atoms with Crippen LogP contribution in [0, 0.1) is 11.8 Å². The minimum atomic E-state index is -0.758. The van der Waals surface area contributed by atoms with Gasteiger partial charge in [0, 0.05) is 0 Å². The normalized spacial score (nSPS) is 10.6. The molecule has 0 radical (unpaired) electrons. The zero-order valence-electron chi connectivity index (χ0n) is 18.1. The van der Waals surface area contributed by atoms with Crippen molar-refractivity contribution in [1.82, 2.24) is 0 Å². The molecule has 1 rings (SSSR count). The van der Waals surface area contributed by atoms with E-state index >= 15 is 0 Å². The second-order valence-electron chi connectivity index (χ2n) is 7.47. The maximum atomic E-state index is 12.5. The first-order chi connectivity index (χ1) is 13.7. The van der Waals surface area contributed by atoms with Crippen LogP contribution in [0.5, 0.6) is 17.2 Å². The molecule has 29 heavy (non-hydrogen) atoms. The highest BCUT2D eigenvalue weighted by Gasteiger charge is 2.23. The van der Waals surface area contributed by atoms with Crippen LogP contribution in [0.3, 0.4) is 0 Å². The molecule has 162 valence electrons. The lowest BCUT2D eigenvalue weighted by atomic mass is 10.1. The molecule has 0 amide bonds. The molecule has 0 fully saturated rings. The zero-order valence-corrected chi connectivity index (χ0v) is 18.1. The van der Waals surface area contributed by atoms with Gasteiger partial charge in [-0.3, -0.25) is 0 Å². The van der Waals surface area contributed by atoms with E-state index in [1.54, 1.807) is 0 Å². The third kappa shape index (κ3) is 8.05. The third-order valence-electron chi connectivity index (χ3n) is 4.11. The fraction of sp³-hybridized carbons (Fsp3) is 0.545. The number of methoxy groups -OCH3 is 2. The Morgan fingerprint density at radius 1 is 0.897 bits per heavy atom. The highest BCUT2D eigenvalue weighted by Crippen LogP contribution is 2.37. The molecule has 1 N–H and O–H groups in total. The van der Waals surface area contributed by atoms with Crippen LogP contribution in [0.1, 0.15) is 46.1 Å². The second kappa shape index (κ2) is 12.0. The number of esters is 2. The SMILES string of the molecule is COc1cc(C=C(C(=O)OCCC(C)C)C(=O)OCCC(C)C)cc(OC)c1O. The first-order valence-electron chi connectivity index (χ1n) is 9.70. The van der Waals surface area contributed by atoms with Gasteiger partial charge in [0.15, 0.2) is 11.5 Å². The second-order valence-corrected chi connectivity index (χ2v) is 7.47. The Balaban J connectivity index is 3.17. The van der Waals surface area contributed by atoms with Crippen molar-refractivity contribution in [3.8, 4) is 17.2 Å². The average Bonchev–Trinajstić information content (AvgIpc) is 2.66. The summed E-state index contributed by atoms with van der Waals surface area (Å²) < 4.78 is 20.7. The Morgan fingerprint density at radius 2 is 1.31 bits per heavy atom. The smallest absolute Gasteiger partial charge is 0.345 e. The Bertz CT molecular complexity index is 667. The van der Waals surface area contributed by atoms with Crippen molar-refractivity contribution >= 4 is 18.0 Å². The highest BCUT2D eigenvalue weighted by atomic mass is 16.6. The molecule has 7 nitrogen and oxygen atoms in total. The molecule has 0 heterocycles. The minimum Gasteiger partial charge on any atom is -0.502 e. The van der Waals surface area contributed by atoms with Crippen LogP contribution in [-0.2, 0) is 19.1 Å². The Labute approximate surface area is 172 Å². The maximum absolute atomic E-state index is 12.5. The number of phenols is 1. The van der Waals surface area contributed by atoms with E-state index in [0.717, 1.165) is 0 Å². The summed E-state index contributed by atoms with van der Waals surface area (Å²) in [5.41, 5.74) is 0.195. The van der Waals surface area contributed by atoms with Gasteiger partial charge in [-0.1, -0.05) is 27.7 Å². The van der Waals surface area contributed by atoms with Crippen molar-refractivity contribution in [2.75, 3.05) is 27.4 Å². The van der Waals surface area contributed by atoms with Crippen molar-refractivity contribution in [1.29, 1.82) is 0 Å². The van der Waals surface area contributed by atoms with E-state index < -0.39 is 11.9 Å². The van der Waals surface area contributed by atoms with Gasteiger partial charge in [-0.2, -0.15) is 0 Å². The lowest BCUT2D eigenvalue weighted by Crippen LogP contribution is -2.20. The van der Waals surface area contributed by atoms with E-state index in [4.69, 9.17) is 18.9 Å². The predicted molar refractivity (Wildman–Crippen MR) is 110 cm³/mol. The van der Waals surface area contributed by atoms with Crippen molar-refractivity contribution in [3.63, 3.8) is 0 Å². The van der Waals surface area contributed by atoms with E-state index in [2.05, 4.69) is 0 Å². The molecule has 1 aromatic rings. The van der Waals surface area contributed by atoms with Crippen LogP contribution >= 0.6 is 0 Å². The van der Waals surface area contributed by atoms with E-state index in [1.807, 2.05) is 27.7 Å². The summed E-state index contributed by atoms with van der Waals surface area (Å²) in [6.45, 7) is 8.46. The first kappa shape index (κ1) is 24.3. The summed E-state index contributed by atoms with van der Waals surface area (Å²) >= 11 is 0. The Kier molecular flexibility index (Phi) is 10.1. The summed E-state index contributed by atoms with van der Waals surface area (Å²) in [6.07, 6.45) is 2.71. The van der Waals surface area contributed by atoms with Gasteiger partial charge in [0.05, 0.1) is 27.4 Å². The van der Waals surface area contributed by atoms with Crippen LogP contribution in [0.4, 0.5) is 0 Å². The van der Waals surface area contributed by atoms with E-state index in [1.165, 1.54) is 32.4 Å². The van der Waals surface area contributed by atoms with E-state index in [9.17, 15) is 14.7 Å². The summed E-state index contributed by atoms with van der Waals surface area (Å²) in [4.78, 5) is 25.1. The summed E-state index contributed by atoms with van der Waals surface area (Å²) in [6, 6.07) is 2.97. The van der Waals surface area contributed by atoms with Gasteiger partial charge in [-0.05, 0) is 48.4 Å². The van der Waals surface area contributed by atoms with E-state index in [-0.39, 0.29) is 36.0 Å². The molecule has 0 unspecified atom stereocenters. The molecule has 0 atom stereocenters. The topological polar surface area (TPSA) is 91.3 Å². The average molecular weight is 408 g/mol. The van der Waals surface area contributed by atoms with Gasteiger partial charge in [0.1, 0.15) is 5.57 Å². The van der Waals surface area contributed by atoms with Gasteiger partial charge in [-0.15, -0.1) is 0 Å². The molecule has 1 aromatic carbocycles. The van der Waals surface area contributed by atoms with Crippen LogP contribution in [0.15, 0.2) is 17.7 Å². The van der Waals surface area contributed by atoms with Crippen molar-refractivity contribution in [2.45, 2.75) is 40.5 Å². The fourth-order valence-electron chi connectivity index (χ4n) is 2.30. The number of rotatable bonds is 11. The number of aromatic hydroxyl groups is 1. The summed E-state index contributed by atoms with van der Waals surface area (Å²) in [7, 11) is 2.78. The largest absolute Gasteiger partial charge is 0.502 e. The quantitative estimate of drug-likeness (QED) is 0.256.